The highest BCUT2D eigenvalue weighted by Gasteiger charge is 2.31. The molecule has 5 N–H and O–H groups in total. The van der Waals surface area contributed by atoms with Crippen LogP contribution in [0.3, 0.4) is 0 Å². The Kier molecular flexibility index (Phi) is 6.17. The summed E-state index contributed by atoms with van der Waals surface area (Å²) in [5.41, 5.74) is 6.70. The number of urea groups is 1. The van der Waals surface area contributed by atoms with Crippen molar-refractivity contribution in [3.63, 3.8) is 0 Å². The van der Waals surface area contributed by atoms with Crippen LogP contribution in [0.4, 0.5) is 21.9 Å². The van der Waals surface area contributed by atoms with Crippen LogP contribution in [0.1, 0.15) is 18.0 Å². The molecule has 0 bridgehead atoms. The zero-order valence-electron chi connectivity index (χ0n) is 18.3. The van der Waals surface area contributed by atoms with E-state index in [9.17, 15) is 9.59 Å². The molecule has 11 heteroatoms. The molecule has 1 atom stereocenters. The average molecular weight is 504 g/mol. The van der Waals surface area contributed by atoms with Crippen molar-refractivity contribution in [3.8, 4) is 5.69 Å². The van der Waals surface area contributed by atoms with E-state index in [4.69, 9.17) is 24.4 Å². The van der Waals surface area contributed by atoms with Crippen molar-refractivity contribution in [2.45, 2.75) is 12.5 Å². The second-order valence-corrected chi connectivity index (χ2v) is 8.68. The fraction of sp³-hybridized carbons (Fsp3) is 0.0833. The lowest BCUT2D eigenvalue weighted by atomic mass is 10.0. The van der Waals surface area contributed by atoms with Gasteiger partial charge in [-0.15, -0.1) is 0 Å². The van der Waals surface area contributed by atoms with Gasteiger partial charge in [-0.25, -0.2) is 4.79 Å². The molecular weight excluding hydrogens is 482 g/mol. The zero-order chi connectivity index (χ0) is 24.4. The zero-order valence-corrected chi connectivity index (χ0v) is 20.0. The number of H-pyrrole nitrogens is 2. The minimum atomic E-state index is -0.394. The van der Waals surface area contributed by atoms with Crippen LogP contribution in [0.15, 0.2) is 78.9 Å². The third-order valence-corrected chi connectivity index (χ3v) is 6.14. The lowest BCUT2D eigenvalue weighted by Gasteiger charge is -2.26. The van der Waals surface area contributed by atoms with Gasteiger partial charge in [0.25, 0.3) is 0 Å². The Bertz CT molecular complexity index is 1470. The molecule has 5 rings (SSSR count). The number of anilines is 3. The quantitative estimate of drug-likeness (QED) is 0.240. The molecular formula is C24H21N7O2S2. The summed E-state index contributed by atoms with van der Waals surface area (Å²) < 4.78 is 2.52. The SMILES string of the molecule is O=C1CC(c2ccccc2)N(c2ccc(NC(=O)Nc3cccc(-n4c(=S)[nH][nH]c4=S)c3)cc2)N1. The van der Waals surface area contributed by atoms with Crippen molar-refractivity contribution < 1.29 is 9.59 Å². The van der Waals surface area contributed by atoms with Crippen LogP contribution in [-0.2, 0) is 4.79 Å². The molecule has 1 aliphatic heterocycles. The monoisotopic (exact) mass is 503 g/mol. The smallest absolute Gasteiger partial charge is 0.308 e. The van der Waals surface area contributed by atoms with E-state index < -0.39 is 6.03 Å². The Balaban J connectivity index is 1.27. The first kappa shape index (κ1) is 22.6. The highest BCUT2D eigenvalue weighted by molar-refractivity contribution is 7.72. The van der Waals surface area contributed by atoms with Crippen LogP contribution in [0.2, 0.25) is 0 Å². The molecule has 4 aromatic rings. The number of hydrazine groups is 1. The number of aromatic amines is 2. The fourth-order valence-electron chi connectivity index (χ4n) is 3.98. The van der Waals surface area contributed by atoms with Crippen LogP contribution < -0.4 is 21.1 Å². The van der Waals surface area contributed by atoms with Gasteiger partial charge in [-0.1, -0.05) is 36.4 Å². The number of hydrogen-bond acceptors (Lipinski definition) is 5. The van der Waals surface area contributed by atoms with Crippen molar-refractivity contribution in [1.82, 2.24) is 20.2 Å². The first-order valence-corrected chi connectivity index (χ1v) is 11.6. The molecule has 3 amide bonds. The lowest BCUT2D eigenvalue weighted by Crippen LogP contribution is -2.34. The standard InChI is InChI=1S/C24H21N7O2S2/c32-21-14-20(15-5-2-1-3-6-15)31(29-21)18-11-9-16(10-12-18)25-22(33)26-17-7-4-8-19(13-17)30-23(34)27-28-24(30)35/h1-13,20H,14H2,(H,27,34)(H,28,35)(H,29,32)(H2,25,26,33). The van der Waals surface area contributed by atoms with Gasteiger partial charge in [0.15, 0.2) is 9.54 Å². The molecule has 3 aromatic carbocycles. The van der Waals surface area contributed by atoms with Crippen molar-refractivity contribution in [1.29, 1.82) is 0 Å². The molecule has 1 aliphatic rings. The number of aromatic nitrogens is 3. The Morgan fingerprint density at radius 3 is 2.23 bits per heavy atom. The molecule has 0 saturated carbocycles. The first-order chi connectivity index (χ1) is 17.0. The Morgan fingerprint density at radius 2 is 1.51 bits per heavy atom. The lowest BCUT2D eigenvalue weighted by molar-refractivity contribution is -0.119. The van der Waals surface area contributed by atoms with Crippen LogP contribution >= 0.6 is 24.4 Å². The van der Waals surface area contributed by atoms with E-state index in [1.54, 1.807) is 34.9 Å². The molecule has 1 fully saturated rings. The van der Waals surface area contributed by atoms with E-state index in [1.165, 1.54) is 0 Å². The van der Waals surface area contributed by atoms with Gasteiger partial charge in [0.1, 0.15) is 0 Å². The largest absolute Gasteiger partial charge is 0.323 e. The molecule has 1 saturated heterocycles. The third-order valence-electron chi connectivity index (χ3n) is 5.57. The van der Waals surface area contributed by atoms with Crippen LogP contribution in [0.5, 0.6) is 0 Å². The highest BCUT2D eigenvalue weighted by Crippen LogP contribution is 2.32. The molecule has 0 aliphatic carbocycles. The summed E-state index contributed by atoms with van der Waals surface area (Å²) in [6, 6.07) is 23.9. The van der Waals surface area contributed by atoms with Gasteiger partial charge in [0, 0.05) is 11.4 Å². The molecule has 176 valence electrons. The van der Waals surface area contributed by atoms with E-state index in [0.717, 1.165) is 16.9 Å². The second kappa shape index (κ2) is 9.57. The first-order valence-electron chi connectivity index (χ1n) is 10.8. The van der Waals surface area contributed by atoms with Crippen molar-refractivity contribution >= 4 is 53.4 Å². The third kappa shape index (κ3) is 4.86. The van der Waals surface area contributed by atoms with Crippen LogP contribution in [0.25, 0.3) is 5.69 Å². The van der Waals surface area contributed by atoms with E-state index in [1.807, 2.05) is 53.5 Å². The molecule has 9 nitrogen and oxygen atoms in total. The molecule has 35 heavy (non-hydrogen) atoms. The summed E-state index contributed by atoms with van der Waals surface area (Å²) in [6.45, 7) is 0. The predicted molar refractivity (Wildman–Crippen MR) is 140 cm³/mol. The molecule has 0 radical (unpaired) electrons. The maximum Gasteiger partial charge on any atom is 0.323 e. The molecule has 1 aromatic heterocycles. The number of hydrogen-bond donors (Lipinski definition) is 5. The summed E-state index contributed by atoms with van der Waals surface area (Å²) in [5, 5.41) is 13.1. The summed E-state index contributed by atoms with van der Waals surface area (Å²) in [4.78, 5) is 24.7. The minimum absolute atomic E-state index is 0.0373. The summed E-state index contributed by atoms with van der Waals surface area (Å²) in [5.74, 6) is -0.0373. The van der Waals surface area contributed by atoms with Gasteiger partial charge in [0.05, 0.1) is 23.8 Å². The number of amides is 3. The van der Waals surface area contributed by atoms with Crippen LogP contribution in [0, 0.1) is 9.54 Å². The van der Waals surface area contributed by atoms with Gasteiger partial charge >= 0.3 is 6.03 Å². The maximum atomic E-state index is 12.6. The van der Waals surface area contributed by atoms with E-state index >= 15 is 0 Å². The Labute approximate surface area is 210 Å². The summed E-state index contributed by atoms with van der Waals surface area (Å²) in [6.07, 6.45) is 0.379. The van der Waals surface area contributed by atoms with Crippen molar-refractivity contribution in [2.75, 3.05) is 15.6 Å². The van der Waals surface area contributed by atoms with Gasteiger partial charge < -0.3 is 10.6 Å². The fourth-order valence-corrected chi connectivity index (χ4v) is 4.53. The van der Waals surface area contributed by atoms with Crippen LogP contribution in [-0.4, -0.2) is 26.7 Å². The minimum Gasteiger partial charge on any atom is -0.308 e. The van der Waals surface area contributed by atoms with Crippen molar-refractivity contribution in [2.24, 2.45) is 0 Å². The van der Waals surface area contributed by atoms with E-state index in [-0.39, 0.29) is 11.9 Å². The van der Waals surface area contributed by atoms with Gasteiger partial charge in [-0.2, -0.15) is 0 Å². The predicted octanol–water partition coefficient (Wildman–Crippen LogP) is 5.22. The molecule has 0 spiro atoms. The normalized spacial score (nSPS) is 15.0. The number of nitrogens with one attached hydrogen (secondary N) is 5. The molecule has 2 heterocycles. The van der Waals surface area contributed by atoms with Gasteiger partial charge in [0.2, 0.25) is 5.91 Å². The summed E-state index contributed by atoms with van der Waals surface area (Å²) >= 11 is 10.5. The van der Waals surface area contributed by atoms with E-state index in [0.29, 0.717) is 27.3 Å². The number of nitrogens with zero attached hydrogens (tertiary/aromatic N) is 2. The Hall–Kier alpha value is -4.22. The van der Waals surface area contributed by atoms with Crippen molar-refractivity contribution in [3.05, 3.63) is 94.0 Å². The maximum absolute atomic E-state index is 12.6. The average Bonchev–Trinajstić information content (AvgIpc) is 3.41. The Morgan fingerprint density at radius 1 is 0.829 bits per heavy atom. The number of rotatable bonds is 5. The highest BCUT2D eigenvalue weighted by atomic mass is 32.1. The summed E-state index contributed by atoms with van der Waals surface area (Å²) in [7, 11) is 0. The second-order valence-electron chi connectivity index (χ2n) is 7.91. The number of benzene rings is 3. The van der Waals surface area contributed by atoms with Gasteiger partial charge in [-0.3, -0.25) is 30.0 Å². The number of carbonyl (C=O) groups is 2. The topological polar surface area (TPSA) is 110 Å². The molecule has 1 unspecified atom stereocenters. The van der Waals surface area contributed by atoms with Gasteiger partial charge in [-0.05, 0) is 72.5 Å². The van der Waals surface area contributed by atoms with E-state index in [2.05, 4.69) is 26.3 Å². The number of carbonyl (C=O) groups excluding carboxylic acids is 2.